The van der Waals surface area contributed by atoms with Crippen LogP contribution in [0.5, 0.6) is 0 Å². The topological polar surface area (TPSA) is 108 Å². The van der Waals surface area contributed by atoms with Gasteiger partial charge in [-0.3, -0.25) is 9.59 Å². The van der Waals surface area contributed by atoms with Crippen LogP contribution < -0.4 is 14.9 Å². The minimum atomic E-state index is -3.32. The number of aryl methyl sites for hydroxylation is 1. The van der Waals surface area contributed by atoms with Crippen molar-refractivity contribution in [2.45, 2.75) is 131 Å². The SMILES string of the molecule is C.CCCCCCCCCCCCCCCC(=O)NC1=C(CC)C(=Nc2ccc(N(CC)CNS(C)(=O)=O)cc2C)C=C(Cl)C1=O. The third-order valence-corrected chi connectivity index (χ3v) is 9.06. The van der Waals surface area contributed by atoms with Crippen molar-refractivity contribution in [2.75, 3.05) is 24.4 Å². The number of hydrogen-bond acceptors (Lipinski definition) is 6. The second-order valence-corrected chi connectivity index (χ2v) is 14.2. The molecule has 8 nitrogen and oxygen atoms in total. The van der Waals surface area contributed by atoms with Crippen LogP contribution in [0.1, 0.15) is 130 Å². The van der Waals surface area contributed by atoms with Gasteiger partial charge in [-0.05, 0) is 56.5 Å². The van der Waals surface area contributed by atoms with E-state index in [0.29, 0.717) is 36.4 Å². The molecule has 0 saturated heterocycles. The average Bonchev–Trinajstić information content (AvgIpc) is 2.99. The molecular weight excluding hydrogens is 620 g/mol. The molecule has 0 fully saturated rings. The van der Waals surface area contributed by atoms with E-state index in [1.54, 1.807) is 6.08 Å². The largest absolute Gasteiger partial charge is 0.358 e. The average molecular weight is 679 g/mol. The molecule has 1 aromatic rings. The second-order valence-electron chi connectivity index (χ2n) is 12.0. The molecule has 1 amide bonds. The fourth-order valence-electron chi connectivity index (χ4n) is 5.42. The van der Waals surface area contributed by atoms with E-state index < -0.39 is 15.8 Å². The first-order valence-electron chi connectivity index (χ1n) is 16.8. The van der Waals surface area contributed by atoms with Crippen LogP contribution in [0.3, 0.4) is 0 Å². The number of nitrogens with one attached hydrogen (secondary N) is 2. The Morgan fingerprint density at radius 1 is 0.913 bits per heavy atom. The van der Waals surface area contributed by atoms with E-state index in [1.807, 2.05) is 43.9 Å². The highest BCUT2D eigenvalue weighted by atomic mass is 35.5. The molecule has 0 aliphatic heterocycles. The summed E-state index contributed by atoms with van der Waals surface area (Å²) < 4.78 is 25.6. The first kappa shape index (κ1) is 41.5. The van der Waals surface area contributed by atoms with Crippen LogP contribution in [0.15, 0.2) is 45.6 Å². The number of rotatable bonds is 22. The van der Waals surface area contributed by atoms with Crippen molar-refractivity contribution < 1.29 is 18.0 Å². The Morgan fingerprint density at radius 2 is 1.48 bits per heavy atom. The van der Waals surface area contributed by atoms with Crippen molar-refractivity contribution in [1.82, 2.24) is 10.0 Å². The molecule has 10 heteroatoms. The summed E-state index contributed by atoms with van der Waals surface area (Å²) in [5, 5.41) is 2.87. The standard InChI is InChI=1S/C35H55ClN4O4S.CH4/c1-6-9-10-11-12-13-14-15-16-17-18-19-20-21-33(41)39-34-29(7-2)32(25-30(36)35(34)42)38-31-23-22-28(24-27(31)4)40(8-3)26-37-45(5,43)44;/h22-25,37H,6-21,26H2,1-5H3,(H,39,41);1H4. The van der Waals surface area contributed by atoms with Crippen LogP contribution in [-0.4, -0.2) is 45.3 Å². The van der Waals surface area contributed by atoms with Crippen molar-refractivity contribution >= 4 is 50.4 Å². The number of unbranched alkanes of at least 4 members (excludes halogenated alkanes) is 12. The summed E-state index contributed by atoms with van der Waals surface area (Å²) in [6.07, 6.45) is 19.7. The maximum absolute atomic E-state index is 13.0. The van der Waals surface area contributed by atoms with Gasteiger partial charge in [-0.15, -0.1) is 0 Å². The Hall–Kier alpha value is -2.49. The van der Waals surface area contributed by atoms with Crippen molar-refractivity contribution in [3.8, 4) is 0 Å². The van der Waals surface area contributed by atoms with Crippen molar-refractivity contribution in [1.29, 1.82) is 0 Å². The number of sulfonamides is 1. The lowest BCUT2D eigenvalue weighted by atomic mass is 9.96. The lowest BCUT2D eigenvalue weighted by molar-refractivity contribution is -0.122. The molecular formula is C36H59ClN4O4S. The molecule has 0 spiro atoms. The number of ketones is 1. The summed E-state index contributed by atoms with van der Waals surface area (Å²) in [5.41, 5.74) is 3.83. The molecule has 0 atom stereocenters. The predicted molar refractivity (Wildman–Crippen MR) is 196 cm³/mol. The molecule has 2 N–H and O–H groups in total. The smallest absolute Gasteiger partial charge is 0.224 e. The first-order valence-corrected chi connectivity index (χ1v) is 19.1. The molecule has 260 valence electrons. The highest BCUT2D eigenvalue weighted by molar-refractivity contribution is 7.88. The fourth-order valence-corrected chi connectivity index (χ4v) is 6.01. The van der Waals surface area contributed by atoms with E-state index in [0.717, 1.165) is 36.8 Å². The highest BCUT2D eigenvalue weighted by Gasteiger charge is 2.27. The molecule has 1 aliphatic carbocycles. The Bertz CT molecular complexity index is 1320. The fraction of sp³-hybridized carbons (Fsp3) is 0.639. The zero-order valence-electron chi connectivity index (χ0n) is 28.1. The lowest BCUT2D eigenvalue weighted by Crippen LogP contribution is -2.37. The zero-order valence-corrected chi connectivity index (χ0v) is 29.7. The first-order chi connectivity index (χ1) is 21.5. The summed E-state index contributed by atoms with van der Waals surface area (Å²) in [6.45, 7) is 8.82. The van der Waals surface area contributed by atoms with Gasteiger partial charge < -0.3 is 10.2 Å². The third kappa shape index (κ3) is 14.9. The Labute approximate surface area is 284 Å². The number of aliphatic imine (C=N–C) groups is 1. The van der Waals surface area contributed by atoms with Gasteiger partial charge in [0.05, 0.1) is 35.1 Å². The Balaban J connectivity index is 0.0000106. The molecule has 0 unspecified atom stereocenters. The van der Waals surface area contributed by atoms with Crippen LogP contribution in [0.4, 0.5) is 11.4 Å². The zero-order chi connectivity index (χ0) is 33.2. The maximum atomic E-state index is 13.0. The highest BCUT2D eigenvalue weighted by Crippen LogP contribution is 2.29. The van der Waals surface area contributed by atoms with Crippen LogP contribution in [0, 0.1) is 6.92 Å². The van der Waals surface area contributed by atoms with E-state index in [9.17, 15) is 18.0 Å². The number of carbonyl (C=O) groups excluding carboxylic acids is 2. The van der Waals surface area contributed by atoms with Crippen molar-refractivity contribution in [3.63, 3.8) is 0 Å². The van der Waals surface area contributed by atoms with Gasteiger partial charge in [-0.2, -0.15) is 4.72 Å². The molecule has 0 bridgehead atoms. The number of nitrogens with zero attached hydrogens (tertiary/aromatic N) is 2. The summed E-state index contributed by atoms with van der Waals surface area (Å²) in [5.74, 6) is -0.573. The van der Waals surface area contributed by atoms with Gasteiger partial charge in [0.15, 0.2) is 0 Å². The van der Waals surface area contributed by atoms with Gasteiger partial charge in [-0.1, -0.05) is 110 Å². The molecule has 0 heterocycles. The number of halogens is 1. The normalized spacial score (nSPS) is 14.3. The lowest BCUT2D eigenvalue weighted by Gasteiger charge is -2.24. The van der Waals surface area contributed by atoms with Gasteiger partial charge >= 0.3 is 0 Å². The van der Waals surface area contributed by atoms with Crippen LogP contribution >= 0.6 is 11.6 Å². The minimum absolute atomic E-state index is 0. The molecule has 1 aliphatic rings. The number of Topliss-reactive ketones (excluding diaryl/α,β-unsaturated/α-hetero) is 1. The quantitative estimate of drug-likeness (QED) is 0.0723. The number of allylic oxidation sites excluding steroid dienone is 3. The summed E-state index contributed by atoms with van der Waals surface area (Å²) in [4.78, 5) is 32.6. The second kappa shape index (κ2) is 22.1. The summed E-state index contributed by atoms with van der Waals surface area (Å²) in [6, 6.07) is 5.69. The minimum Gasteiger partial charge on any atom is -0.358 e. The molecule has 2 rings (SSSR count). The summed E-state index contributed by atoms with van der Waals surface area (Å²) >= 11 is 6.34. The van der Waals surface area contributed by atoms with Crippen molar-refractivity contribution in [2.24, 2.45) is 4.99 Å². The van der Waals surface area contributed by atoms with E-state index in [4.69, 9.17) is 16.6 Å². The van der Waals surface area contributed by atoms with E-state index >= 15 is 0 Å². The van der Waals surface area contributed by atoms with E-state index in [-0.39, 0.29) is 30.7 Å². The van der Waals surface area contributed by atoms with Crippen LogP contribution in [-0.2, 0) is 19.6 Å². The summed E-state index contributed by atoms with van der Waals surface area (Å²) in [7, 11) is -3.32. The Morgan fingerprint density at radius 3 is 1.98 bits per heavy atom. The number of amides is 1. The van der Waals surface area contributed by atoms with Crippen molar-refractivity contribution in [3.05, 3.63) is 46.1 Å². The van der Waals surface area contributed by atoms with E-state index in [1.165, 1.54) is 64.2 Å². The molecule has 0 radical (unpaired) electrons. The number of hydrogen-bond donors (Lipinski definition) is 2. The van der Waals surface area contributed by atoms with Gasteiger partial charge in [0, 0.05) is 24.2 Å². The molecule has 1 aromatic carbocycles. The maximum Gasteiger partial charge on any atom is 0.224 e. The Kier molecular flexibility index (Phi) is 20.0. The molecule has 0 saturated carbocycles. The molecule has 0 aromatic heterocycles. The third-order valence-electron chi connectivity index (χ3n) is 8.13. The van der Waals surface area contributed by atoms with Gasteiger partial charge in [0.25, 0.3) is 0 Å². The molecule has 46 heavy (non-hydrogen) atoms. The number of carbonyl (C=O) groups is 2. The van der Waals surface area contributed by atoms with E-state index in [2.05, 4.69) is 17.0 Å². The monoisotopic (exact) mass is 678 g/mol. The number of benzene rings is 1. The van der Waals surface area contributed by atoms with Crippen LogP contribution in [0.25, 0.3) is 0 Å². The number of anilines is 1. The van der Waals surface area contributed by atoms with Gasteiger partial charge in [-0.25, -0.2) is 13.4 Å². The van der Waals surface area contributed by atoms with Gasteiger partial charge in [0.1, 0.15) is 0 Å². The van der Waals surface area contributed by atoms with Gasteiger partial charge in [0.2, 0.25) is 21.7 Å². The predicted octanol–water partition coefficient (Wildman–Crippen LogP) is 9.00. The van der Waals surface area contributed by atoms with Crippen LogP contribution in [0.2, 0.25) is 0 Å².